The van der Waals surface area contributed by atoms with E-state index in [0.29, 0.717) is 19.5 Å². The number of rotatable bonds is 8. The van der Waals surface area contributed by atoms with Gasteiger partial charge in [0.05, 0.1) is 11.2 Å². The average Bonchev–Trinajstić information content (AvgIpc) is 2.98. The van der Waals surface area contributed by atoms with Crippen LogP contribution in [-0.2, 0) is 22.9 Å². The number of imidazole rings is 1. The summed E-state index contributed by atoms with van der Waals surface area (Å²) in [6.07, 6.45) is 5.59. The number of nitrogens with zero attached hydrogens (tertiary/aromatic N) is 1. The lowest BCUT2D eigenvalue weighted by Crippen LogP contribution is -2.26. The van der Waals surface area contributed by atoms with Crippen molar-refractivity contribution in [1.29, 1.82) is 0 Å². The Kier molecular flexibility index (Phi) is 5.49. The number of hydrogen-bond donors (Lipinski definition) is 3. The van der Waals surface area contributed by atoms with Crippen molar-refractivity contribution in [2.45, 2.75) is 24.2 Å². The van der Waals surface area contributed by atoms with Crippen molar-refractivity contribution in [2.75, 3.05) is 13.1 Å². The van der Waals surface area contributed by atoms with Crippen LogP contribution in [0, 0.1) is 0 Å². The number of aromatic amines is 1. The Labute approximate surface area is 124 Å². The second kappa shape index (κ2) is 7.35. The number of aryl methyl sites for hydroxylation is 1. The van der Waals surface area contributed by atoms with Crippen molar-refractivity contribution in [1.82, 2.24) is 14.7 Å². The zero-order chi connectivity index (χ0) is 15.1. The lowest BCUT2D eigenvalue weighted by atomic mass is 10.1. The van der Waals surface area contributed by atoms with Crippen LogP contribution in [0.25, 0.3) is 0 Å². The summed E-state index contributed by atoms with van der Waals surface area (Å²) < 4.78 is 26.8. The van der Waals surface area contributed by atoms with Gasteiger partial charge in [-0.1, -0.05) is 12.1 Å². The largest absolute Gasteiger partial charge is 0.348 e. The Morgan fingerprint density at radius 2 is 1.95 bits per heavy atom. The molecule has 0 aliphatic rings. The molecular formula is C14H20N4O2S. The summed E-state index contributed by atoms with van der Waals surface area (Å²) in [5.41, 5.74) is 7.45. The molecule has 0 saturated carbocycles. The van der Waals surface area contributed by atoms with Gasteiger partial charge in [-0.2, -0.15) is 0 Å². The molecule has 0 atom stereocenters. The van der Waals surface area contributed by atoms with Crippen molar-refractivity contribution in [3.05, 3.63) is 48.0 Å². The third kappa shape index (κ3) is 4.66. The van der Waals surface area contributed by atoms with Gasteiger partial charge in [-0.05, 0) is 37.1 Å². The van der Waals surface area contributed by atoms with Gasteiger partial charge in [0.25, 0.3) is 0 Å². The van der Waals surface area contributed by atoms with Gasteiger partial charge in [0.2, 0.25) is 10.0 Å². The van der Waals surface area contributed by atoms with Crippen LogP contribution in [0.4, 0.5) is 0 Å². The summed E-state index contributed by atoms with van der Waals surface area (Å²) in [7, 11) is -3.46. The molecule has 0 aliphatic carbocycles. The van der Waals surface area contributed by atoms with E-state index in [1.54, 1.807) is 24.7 Å². The van der Waals surface area contributed by atoms with E-state index in [1.807, 2.05) is 12.1 Å². The van der Waals surface area contributed by atoms with Crippen LogP contribution < -0.4 is 10.5 Å². The second-order valence-electron chi connectivity index (χ2n) is 4.76. The van der Waals surface area contributed by atoms with Gasteiger partial charge in [-0.3, -0.25) is 0 Å². The molecule has 0 unspecified atom stereocenters. The number of benzene rings is 1. The van der Waals surface area contributed by atoms with Gasteiger partial charge in [-0.15, -0.1) is 0 Å². The van der Waals surface area contributed by atoms with E-state index >= 15 is 0 Å². The van der Waals surface area contributed by atoms with Crippen molar-refractivity contribution in [2.24, 2.45) is 5.73 Å². The third-order valence-corrected chi connectivity index (χ3v) is 4.62. The summed E-state index contributed by atoms with van der Waals surface area (Å²) in [6, 6.07) is 6.92. The molecule has 6 nitrogen and oxygen atoms in total. The van der Waals surface area contributed by atoms with E-state index in [2.05, 4.69) is 14.7 Å². The topological polar surface area (TPSA) is 101 Å². The Morgan fingerprint density at radius 3 is 2.57 bits per heavy atom. The Morgan fingerprint density at radius 1 is 1.19 bits per heavy atom. The van der Waals surface area contributed by atoms with Gasteiger partial charge in [-0.25, -0.2) is 18.1 Å². The van der Waals surface area contributed by atoms with Gasteiger partial charge in [0.15, 0.2) is 0 Å². The summed E-state index contributed by atoms with van der Waals surface area (Å²) in [6.45, 7) is 0.967. The molecule has 1 aromatic heterocycles. The van der Waals surface area contributed by atoms with Crippen molar-refractivity contribution in [3.8, 4) is 0 Å². The van der Waals surface area contributed by atoms with Gasteiger partial charge < -0.3 is 10.7 Å². The summed E-state index contributed by atoms with van der Waals surface area (Å²) in [5.74, 6) is 0. The highest BCUT2D eigenvalue weighted by Gasteiger charge is 2.13. The SMILES string of the molecule is NCCCc1ccc(S(=O)(=O)NCCc2cnc[nH]2)cc1. The van der Waals surface area contributed by atoms with E-state index < -0.39 is 10.0 Å². The first-order chi connectivity index (χ1) is 10.1. The quantitative estimate of drug-likeness (QED) is 0.672. The highest BCUT2D eigenvalue weighted by Crippen LogP contribution is 2.11. The zero-order valence-electron chi connectivity index (χ0n) is 11.7. The lowest BCUT2D eigenvalue weighted by Gasteiger charge is -2.07. The minimum atomic E-state index is -3.46. The molecule has 21 heavy (non-hydrogen) atoms. The third-order valence-electron chi connectivity index (χ3n) is 3.14. The fraction of sp³-hybridized carbons (Fsp3) is 0.357. The normalized spacial score (nSPS) is 11.7. The molecule has 0 saturated heterocycles. The molecule has 0 amide bonds. The average molecular weight is 308 g/mol. The van der Waals surface area contributed by atoms with Crippen LogP contribution in [0.2, 0.25) is 0 Å². The second-order valence-corrected chi connectivity index (χ2v) is 6.53. The van der Waals surface area contributed by atoms with Crippen molar-refractivity contribution < 1.29 is 8.42 Å². The Bertz CT molecular complexity index is 636. The maximum Gasteiger partial charge on any atom is 0.240 e. The monoisotopic (exact) mass is 308 g/mol. The molecule has 2 rings (SSSR count). The number of hydrogen-bond acceptors (Lipinski definition) is 4. The van der Waals surface area contributed by atoms with Gasteiger partial charge in [0, 0.05) is 24.9 Å². The molecule has 7 heteroatoms. The van der Waals surface area contributed by atoms with E-state index in [1.165, 1.54) is 0 Å². The number of nitrogens with one attached hydrogen (secondary N) is 2. The number of H-pyrrole nitrogens is 1. The molecule has 0 spiro atoms. The van der Waals surface area contributed by atoms with Crippen LogP contribution in [-0.4, -0.2) is 31.5 Å². The fourth-order valence-electron chi connectivity index (χ4n) is 1.97. The molecule has 114 valence electrons. The minimum absolute atomic E-state index is 0.281. The highest BCUT2D eigenvalue weighted by molar-refractivity contribution is 7.89. The van der Waals surface area contributed by atoms with Crippen LogP contribution in [0.1, 0.15) is 17.7 Å². The van der Waals surface area contributed by atoms with Crippen LogP contribution in [0.15, 0.2) is 41.7 Å². The van der Waals surface area contributed by atoms with E-state index in [9.17, 15) is 8.42 Å². The minimum Gasteiger partial charge on any atom is -0.348 e. The van der Waals surface area contributed by atoms with Gasteiger partial charge >= 0.3 is 0 Å². The van der Waals surface area contributed by atoms with Crippen molar-refractivity contribution >= 4 is 10.0 Å². The van der Waals surface area contributed by atoms with Gasteiger partial charge in [0.1, 0.15) is 0 Å². The maximum absolute atomic E-state index is 12.1. The summed E-state index contributed by atoms with van der Waals surface area (Å²) >= 11 is 0. The smallest absolute Gasteiger partial charge is 0.240 e. The zero-order valence-corrected chi connectivity index (χ0v) is 12.6. The van der Waals surface area contributed by atoms with Crippen LogP contribution in [0.5, 0.6) is 0 Å². The Hall–Kier alpha value is -1.70. The predicted octanol–water partition coefficient (Wildman–Crippen LogP) is 0.822. The molecule has 4 N–H and O–H groups in total. The maximum atomic E-state index is 12.1. The molecule has 1 aromatic carbocycles. The molecule has 0 fully saturated rings. The van der Waals surface area contributed by atoms with Crippen LogP contribution >= 0.6 is 0 Å². The molecule has 2 aromatic rings. The first kappa shape index (κ1) is 15.7. The van der Waals surface area contributed by atoms with E-state index in [-0.39, 0.29) is 4.90 Å². The molecular weight excluding hydrogens is 288 g/mol. The number of nitrogens with two attached hydrogens (primary N) is 1. The van der Waals surface area contributed by atoms with Crippen LogP contribution in [0.3, 0.4) is 0 Å². The molecule has 0 aliphatic heterocycles. The number of sulfonamides is 1. The fourth-order valence-corrected chi connectivity index (χ4v) is 3.00. The van der Waals surface area contributed by atoms with Crippen molar-refractivity contribution in [3.63, 3.8) is 0 Å². The first-order valence-corrected chi connectivity index (χ1v) is 8.36. The molecule has 0 radical (unpaired) electrons. The predicted molar refractivity (Wildman–Crippen MR) is 81.3 cm³/mol. The molecule has 0 bridgehead atoms. The summed E-state index contributed by atoms with van der Waals surface area (Å²) in [4.78, 5) is 7.10. The molecule has 1 heterocycles. The standard InChI is InChI=1S/C14H20N4O2S/c15-8-1-2-12-3-5-14(6-4-12)21(19,20)18-9-7-13-10-16-11-17-13/h3-6,10-11,18H,1-2,7-9,15H2,(H,16,17). The Balaban J connectivity index is 1.92. The highest BCUT2D eigenvalue weighted by atomic mass is 32.2. The number of aromatic nitrogens is 2. The first-order valence-electron chi connectivity index (χ1n) is 6.88. The summed E-state index contributed by atoms with van der Waals surface area (Å²) in [5, 5.41) is 0. The van der Waals surface area contributed by atoms with E-state index in [0.717, 1.165) is 24.1 Å². The van der Waals surface area contributed by atoms with E-state index in [4.69, 9.17) is 5.73 Å². The lowest BCUT2D eigenvalue weighted by molar-refractivity contribution is 0.581.